The van der Waals surface area contributed by atoms with Crippen LogP contribution >= 0.6 is 0 Å². The summed E-state index contributed by atoms with van der Waals surface area (Å²) in [5.41, 5.74) is 3.19. The van der Waals surface area contributed by atoms with Gasteiger partial charge in [0.1, 0.15) is 6.23 Å². The van der Waals surface area contributed by atoms with Gasteiger partial charge in [-0.05, 0) is 67.2 Å². The van der Waals surface area contributed by atoms with Crippen LogP contribution in [-0.2, 0) is 9.53 Å². The number of halogens is 2. The third-order valence-electron chi connectivity index (χ3n) is 9.47. The van der Waals surface area contributed by atoms with E-state index in [1.54, 1.807) is 26.4 Å². The Morgan fingerprint density at radius 2 is 1.93 bits per heavy atom. The topological polar surface area (TPSA) is 112 Å². The number of amides is 2. The fraction of sp³-hybridized carbons (Fsp3) is 0.583. The van der Waals surface area contributed by atoms with Crippen molar-refractivity contribution in [3.63, 3.8) is 0 Å². The first kappa shape index (κ1) is 35.6. The summed E-state index contributed by atoms with van der Waals surface area (Å²) in [6, 6.07) is 9.45. The number of aliphatic hydroxyl groups is 1. The highest BCUT2D eigenvalue weighted by atomic mass is 19.3. The van der Waals surface area contributed by atoms with Gasteiger partial charge in [-0.15, -0.1) is 0 Å². The Bertz CT molecular complexity index is 1320. The van der Waals surface area contributed by atoms with Gasteiger partial charge in [0.25, 0.3) is 5.92 Å². The maximum Gasteiger partial charge on any atom is 0.319 e. The number of nitrogens with one attached hydrogen (secondary N) is 3. The molecular formula is C36H50F2N4O4. The monoisotopic (exact) mass is 640 g/mol. The standard InChI is InChI=1S/C36H50F2N4O4/c1-23-13-14-32(43)30(34(44)41-28-20-36(37,38)21-28)19-27(17-23)33(39-3)24(2)22-40-35(45)42-31-12-8-9-25(15-16-46-4)18-29(31)26-10-6-5-7-11-26/h5-7,10-11,17,19,22-23,25,28-29,31,34,41,44H,8-9,12-16,18,20-21H2,1-4H3,(H2,40,42,45)/b24-22+,27-17+,30-19+,39-33+/t23?,25?,29-,31+,34?/m0/s1. The van der Waals surface area contributed by atoms with Gasteiger partial charge >= 0.3 is 6.03 Å². The lowest BCUT2D eigenvalue weighted by Gasteiger charge is -2.37. The summed E-state index contributed by atoms with van der Waals surface area (Å²) >= 11 is 0. The minimum atomic E-state index is -2.74. The number of alkyl halides is 2. The molecule has 8 nitrogen and oxygen atoms in total. The zero-order valence-electron chi connectivity index (χ0n) is 27.5. The molecule has 10 heteroatoms. The molecule has 3 unspecified atom stereocenters. The molecule has 5 atom stereocenters. The van der Waals surface area contributed by atoms with E-state index in [2.05, 4.69) is 33.1 Å². The van der Waals surface area contributed by atoms with Crippen LogP contribution < -0.4 is 16.0 Å². The lowest BCUT2D eigenvalue weighted by atomic mass is 9.83. The zero-order chi connectivity index (χ0) is 33.3. The Kier molecular flexibility index (Phi) is 12.8. The smallest absolute Gasteiger partial charge is 0.319 e. The van der Waals surface area contributed by atoms with Gasteiger partial charge in [-0.25, -0.2) is 13.6 Å². The molecule has 0 heterocycles. The number of hydrogen-bond acceptors (Lipinski definition) is 6. The number of hydrogen-bond donors (Lipinski definition) is 4. The highest BCUT2D eigenvalue weighted by molar-refractivity contribution is 6.15. The quantitative estimate of drug-likeness (QED) is 0.131. The SMILES string of the molecule is C/N=C(C(\C)=C\NC(=O)N[C@@H]1CCCC(CCOC)C[C@H]1c1ccccc1)/C1=C/C(C)CCC(=O)/C(C(O)NC2CC(F)(F)C2)=C\1. The number of urea groups is 1. The molecule has 2 fully saturated rings. The van der Waals surface area contributed by atoms with E-state index in [1.165, 1.54) is 5.56 Å². The van der Waals surface area contributed by atoms with Crippen molar-refractivity contribution >= 4 is 17.5 Å². The van der Waals surface area contributed by atoms with Crippen LogP contribution in [0.5, 0.6) is 0 Å². The highest BCUT2D eigenvalue weighted by Crippen LogP contribution is 2.38. The molecule has 0 spiro atoms. The number of aliphatic imine (C=N–C) groups is 1. The van der Waals surface area contributed by atoms with Crippen LogP contribution in [0.2, 0.25) is 0 Å². The first-order chi connectivity index (χ1) is 22.0. The molecule has 3 aliphatic rings. The second kappa shape index (κ2) is 16.6. The van der Waals surface area contributed by atoms with Crippen molar-refractivity contribution in [1.82, 2.24) is 16.0 Å². The van der Waals surface area contributed by atoms with Crippen LogP contribution in [0.3, 0.4) is 0 Å². The summed E-state index contributed by atoms with van der Waals surface area (Å²) < 4.78 is 32.1. The average molecular weight is 641 g/mol. The number of carbonyl (C=O) groups excluding carboxylic acids is 2. The summed E-state index contributed by atoms with van der Waals surface area (Å²) in [7, 11) is 3.36. The van der Waals surface area contributed by atoms with Crippen molar-refractivity contribution in [3.8, 4) is 0 Å². The molecule has 2 saturated carbocycles. The van der Waals surface area contributed by atoms with Gasteiger partial charge in [0.15, 0.2) is 5.78 Å². The van der Waals surface area contributed by atoms with Crippen LogP contribution in [0.4, 0.5) is 13.6 Å². The van der Waals surface area contributed by atoms with Crippen LogP contribution in [0.1, 0.15) is 83.1 Å². The number of Topliss-reactive ketones (excluding diaryl/α,β-unsaturated/α-hetero) is 1. The van der Waals surface area contributed by atoms with Crippen molar-refractivity contribution in [2.24, 2.45) is 16.8 Å². The highest BCUT2D eigenvalue weighted by Gasteiger charge is 2.46. The van der Waals surface area contributed by atoms with E-state index >= 15 is 0 Å². The number of nitrogens with zero attached hydrogens (tertiary/aromatic N) is 1. The molecule has 0 bridgehead atoms. The molecule has 3 aliphatic carbocycles. The summed E-state index contributed by atoms with van der Waals surface area (Å²) in [4.78, 5) is 30.8. The Morgan fingerprint density at radius 3 is 2.61 bits per heavy atom. The van der Waals surface area contributed by atoms with Crippen molar-refractivity contribution in [3.05, 3.63) is 71.0 Å². The molecule has 4 N–H and O–H groups in total. The first-order valence-electron chi connectivity index (χ1n) is 16.5. The second-order valence-electron chi connectivity index (χ2n) is 13.1. The number of ketones is 1. The van der Waals surface area contributed by atoms with E-state index in [0.29, 0.717) is 29.2 Å². The third-order valence-corrected chi connectivity index (χ3v) is 9.47. The maximum absolute atomic E-state index is 13.4. The predicted molar refractivity (Wildman–Crippen MR) is 177 cm³/mol. The Balaban J connectivity index is 1.47. The van der Waals surface area contributed by atoms with Crippen LogP contribution in [-0.4, -0.2) is 67.6 Å². The fourth-order valence-electron chi connectivity index (χ4n) is 6.90. The number of allylic oxidation sites excluding steroid dienone is 4. The second-order valence-corrected chi connectivity index (χ2v) is 13.1. The normalized spacial score (nSPS) is 29.2. The van der Waals surface area contributed by atoms with Crippen LogP contribution in [0.15, 0.2) is 70.4 Å². The third kappa shape index (κ3) is 9.89. The zero-order valence-corrected chi connectivity index (χ0v) is 27.5. The van der Waals surface area contributed by atoms with Crippen molar-refractivity contribution in [2.45, 2.75) is 102 Å². The van der Waals surface area contributed by atoms with Gasteiger partial charge in [-0.1, -0.05) is 56.2 Å². The van der Waals surface area contributed by atoms with Crippen molar-refractivity contribution < 1.29 is 28.2 Å². The molecular weight excluding hydrogens is 590 g/mol. The van der Waals surface area contributed by atoms with Gasteiger partial charge in [0, 0.05) is 69.8 Å². The average Bonchev–Trinajstić information content (AvgIpc) is 3.21. The number of aliphatic hydroxyl groups excluding tert-OH is 1. The summed E-state index contributed by atoms with van der Waals surface area (Å²) in [5, 5.41) is 19.8. The van der Waals surface area contributed by atoms with E-state index in [9.17, 15) is 23.5 Å². The van der Waals surface area contributed by atoms with E-state index in [1.807, 2.05) is 38.1 Å². The molecule has 1 aromatic carbocycles. The fourth-order valence-corrected chi connectivity index (χ4v) is 6.90. The molecule has 46 heavy (non-hydrogen) atoms. The number of ether oxygens (including phenoxy) is 1. The van der Waals surface area contributed by atoms with Gasteiger partial charge in [0.2, 0.25) is 0 Å². The Hall–Kier alpha value is -3.21. The van der Waals surface area contributed by atoms with Crippen molar-refractivity contribution in [2.75, 3.05) is 20.8 Å². The van der Waals surface area contributed by atoms with Gasteiger partial charge in [0.05, 0.1) is 5.71 Å². The van der Waals surface area contributed by atoms with Gasteiger partial charge < -0.3 is 20.5 Å². The lowest BCUT2D eigenvalue weighted by molar-refractivity contribution is -0.118. The minimum absolute atomic E-state index is 0.0294. The van der Waals surface area contributed by atoms with Crippen LogP contribution in [0.25, 0.3) is 0 Å². The maximum atomic E-state index is 13.4. The molecule has 0 radical (unpaired) electrons. The van der Waals surface area contributed by atoms with E-state index in [0.717, 1.165) is 38.7 Å². The number of methoxy groups -OCH3 is 1. The Labute approximate surface area is 271 Å². The molecule has 252 valence electrons. The molecule has 0 aromatic heterocycles. The molecule has 1 aromatic rings. The summed E-state index contributed by atoms with van der Waals surface area (Å²) in [5.74, 6) is -2.21. The lowest BCUT2D eigenvalue weighted by Crippen LogP contribution is -2.52. The number of carbonyl (C=O) groups is 2. The van der Waals surface area contributed by atoms with Crippen LogP contribution in [0, 0.1) is 11.8 Å². The number of rotatable bonds is 11. The summed E-state index contributed by atoms with van der Waals surface area (Å²) in [6.45, 7) is 4.56. The molecule has 0 saturated heterocycles. The van der Waals surface area contributed by atoms with E-state index in [4.69, 9.17) is 4.74 Å². The number of benzene rings is 1. The van der Waals surface area contributed by atoms with E-state index < -0.39 is 18.2 Å². The molecule has 2 amide bonds. The summed E-state index contributed by atoms with van der Waals surface area (Å²) in [6.07, 6.45) is 8.88. The Morgan fingerprint density at radius 1 is 1.20 bits per heavy atom. The molecule has 4 rings (SSSR count). The van der Waals surface area contributed by atoms with Crippen molar-refractivity contribution in [1.29, 1.82) is 0 Å². The first-order valence-corrected chi connectivity index (χ1v) is 16.5. The van der Waals surface area contributed by atoms with Gasteiger partial charge in [-0.2, -0.15) is 0 Å². The predicted octanol–water partition coefficient (Wildman–Crippen LogP) is 6.20. The minimum Gasteiger partial charge on any atom is -0.385 e. The van der Waals surface area contributed by atoms with E-state index in [-0.39, 0.29) is 54.5 Å². The molecule has 0 aliphatic heterocycles. The largest absolute Gasteiger partial charge is 0.385 e. The van der Waals surface area contributed by atoms with Gasteiger partial charge in [-0.3, -0.25) is 15.1 Å².